The highest BCUT2D eigenvalue weighted by Gasteiger charge is 2.21. The highest BCUT2D eigenvalue weighted by Crippen LogP contribution is 2.19. The predicted molar refractivity (Wildman–Crippen MR) is 108 cm³/mol. The third-order valence-electron chi connectivity index (χ3n) is 4.46. The summed E-state index contributed by atoms with van der Waals surface area (Å²) < 4.78 is 5.35. The van der Waals surface area contributed by atoms with E-state index in [1.165, 1.54) is 0 Å². The largest absolute Gasteiger partial charge is 0.459 e. The third-order valence-corrected chi connectivity index (χ3v) is 4.46. The van der Waals surface area contributed by atoms with Gasteiger partial charge in [0, 0.05) is 25.2 Å². The van der Waals surface area contributed by atoms with E-state index >= 15 is 0 Å². The van der Waals surface area contributed by atoms with Gasteiger partial charge in [-0.2, -0.15) is 5.26 Å². The molecule has 0 aliphatic carbocycles. The number of rotatable bonds is 7. The van der Waals surface area contributed by atoms with E-state index in [4.69, 9.17) is 15.4 Å². The number of benzene rings is 1. The summed E-state index contributed by atoms with van der Waals surface area (Å²) in [5, 5.41) is 27.3. The van der Waals surface area contributed by atoms with Gasteiger partial charge >= 0.3 is 5.97 Å². The Balaban J connectivity index is 1.79. The molecule has 1 aliphatic rings. The molecule has 1 heterocycles. The number of esters is 1. The third kappa shape index (κ3) is 7.26. The molecule has 0 spiro atoms. The second-order valence-electron chi connectivity index (χ2n) is 8.16. The van der Waals surface area contributed by atoms with Crippen molar-refractivity contribution < 1.29 is 14.6 Å². The minimum absolute atomic E-state index is 0.222. The average molecular weight is 383 g/mol. The number of nitrogens with one attached hydrogen (secondary N) is 1. The van der Waals surface area contributed by atoms with Crippen molar-refractivity contribution >= 4 is 11.7 Å². The molecule has 6 nitrogen and oxygen atoms in total. The lowest BCUT2D eigenvalue weighted by molar-refractivity contribution is -0.156. The maximum Gasteiger partial charge on any atom is 0.320 e. The highest BCUT2D eigenvalue weighted by molar-refractivity contribution is 5.98. The van der Waals surface area contributed by atoms with Crippen LogP contribution in [0.25, 0.3) is 0 Å². The van der Waals surface area contributed by atoms with E-state index < -0.39 is 11.7 Å². The van der Waals surface area contributed by atoms with Gasteiger partial charge < -0.3 is 15.3 Å². The van der Waals surface area contributed by atoms with Crippen LogP contribution in [0.4, 0.5) is 0 Å². The number of hydrogen-bond acceptors (Lipinski definition) is 6. The number of ether oxygens (including phenoxy) is 1. The van der Waals surface area contributed by atoms with Crippen LogP contribution in [0.15, 0.2) is 35.9 Å². The normalized spacial score (nSPS) is 16.0. The van der Waals surface area contributed by atoms with Crippen molar-refractivity contribution in [2.75, 3.05) is 19.6 Å². The quantitative estimate of drug-likeness (QED) is 0.428. The van der Waals surface area contributed by atoms with E-state index in [9.17, 15) is 9.90 Å². The molecule has 0 aromatic heterocycles. The fraction of sp³-hybridized carbons (Fsp3) is 0.500. The number of nitriles is 1. The fourth-order valence-electron chi connectivity index (χ4n) is 3.11. The zero-order valence-electron chi connectivity index (χ0n) is 16.9. The van der Waals surface area contributed by atoms with Crippen LogP contribution in [0.5, 0.6) is 0 Å². The van der Waals surface area contributed by atoms with Crippen LogP contribution in [0, 0.1) is 16.7 Å². The van der Waals surface area contributed by atoms with Crippen molar-refractivity contribution in [3.05, 3.63) is 47.0 Å². The van der Waals surface area contributed by atoms with Crippen LogP contribution in [-0.4, -0.2) is 53.0 Å². The highest BCUT2D eigenvalue weighted by atomic mass is 16.6. The van der Waals surface area contributed by atoms with E-state index in [0.29, 0.717) is 24.2 Å². The van der Waals surface area contributed by atoms with Gasteiger partial charge in [0.2, 0.25) is 0 Å². The Morgan fingerprint density at radius 2 is 2.04 bits per heavy atom. The summed E-state index contributed by atoms with van der Waals surface area (Å²) in [7, 11) is 0. The first-order valence-electron chi connectivity index (χ1n) is 9.54. The van der Waals surface area contributed by atoms with Crippen molar-refractivity contribution in [3.63, 3.8) is 0 Å². The van der Waals surface area contributed by atoms with E-state index in [2.05, 4.69) is 12.1 Å². The van der Waals surface area contributed by atoms with Gasteiger partial charge in [0.1, 0.15) is 5.60 Å². The molecule has 0 saturated heterocycles. The number of aliphatic hydroxyl groups is 1. The maximum atomic E-state index is 11.9. The first kappa shape index (κ1) is 21.8. The molecule has 0 saturated carbocycles. The summed E-state index contributed by atoms with van der Waals surface area (Å²) in [5.74, 6) is -0.222. The standard InChI is InChI=1S/C22H29N3O3/c1-22(2,3)28-21(27)15-25-10-8-16(9-11-25)12-19(26)13-20(24)18-6-4-17(14-23)5-7-18/h4-8,19,24,26H,9-13,15H2,1-3H3. The van der Waals surface area contributed by atoms with Crippen molar-refractivity contribution in [2.45, 2.75) is 51.7 Å². The van der Waals surface area contributed by atoms with Crippen LogP contribution in [0.1, 0.15) is 51.2 Å². The first-order chi connectivity index (χ1) is 13.2. The second kappa shape index (κ2) is 9.63. The number of carbonyl (C=O) groups is 1. The number of carbonyl (C=O) groups excluding carboxylic acids is 1. The average Bonchev–Trinajstić information content (AvgIpc) is 2.61. The SMILES string of the molecule is CC(C)(C)OC(=O)CN1CC=C(CC(O)CC(=N)c2ccc(C#N)cc2)CC1. The molecule has 1 atom stereocenters. The van der Waals surface area contributed by atoms with Gasteiger partial charge in [-0.3, -0.25) is 9.69 Å². The summed E-state index contributed by atoms with van der Waals surface area (Å²) in [6, 6.07) is 8.89. The summed E-state index contributed by atoms with van der Waals surface area (Å²) in [4.78, 5) is 13.9. The van der Waals surface area contributed by atoms with Crippen molar-refractivity contribution in [1.82, 2.24) is 4.90 Å². The van der Waals surface area contributed by atoms with E-state index in [-0.39, 0.29) is 18.9 Å². The van der Waals surface area contributed by atoms with Crippen molar-refractivity contribution in [2.24, 2.45) is 0 Å². The number of hydrogen-bond donors (Lipinski definition) is 2. The van der Waals surface area contributed by atoms with Crippen molar-refractivity contribution in [3.8, 4) is 6.07 Å². The molecule has 0 bridgehead atoms. The van der Waals surface area contributed by atoms with Crippen LogP contribution < -0.4 is 0 Å². The summed E-state index contributed by atoms with van der Waals surface area (Å²) in [5.41, 5.74) is 2.32. The molecule has 1 unspecified atom stereocenters. The summed E-state index contributed by atoms with van der Waals surface area (Å²) >= 11 is 0. The van der Waals surface area contributed by atoms with Gasteiger partial charge in [-0.25, -0.2) is 0 Å². The molecule has 28 heavy (non-hydrogen) atoms. The Hall–Kier alpha value is -2.49. The Labute approximate surface area is 166 Å². The molecule has 150 valence electrons. The molecule has 2 rings (SSSR count). The topological polar surface area (TPSA) is 97.4 Å². The van der Waals surface area contributed by atoms with Gasteiger partial charge in [0.05, 0.1) is 24.3 Å². The predicted octanol–water partition coefficient (Wildman–Crippen LogP) is 3.04. The Morgan fingerprint density at radius 3 is 2.57 bits per heavy atom. The Bertz CT molecular complexity index is 770. The molecular formula is C22H29N3O3. The van der Waals surface area contributed by atoms with E-state index in [1.54, 1.807) is 24.3 Å². The lowest BCUT2D eigenvalue weighted by atomic mass is 9.96. The van der Waals surface area contributed by atoms with Crippen LogP contribution in [0.2, 0.25) is 0 Å². The Kier molecular flexibility index (Phi) is 7.50. The van der Waals surface area contributed by atoms with Crippen LogP contribution in [-0.2, 0) is 9.53 Å². The van der Waals surface area contributed by atoms with Gasteiger partial charge in [0.25, 0.3) is 0 Å². The molecule has 1 aromatic carbocycles. The van der Waals surface area contributed by atoms with Gasteiger partial charge in [-0.1, -0.05) is 23.8 Å². The zero-order valence-corrected chi connectivity index (χ0v) is 16.9. The van der Waals surface area contributed by atoms with Crippen LogP contribution in [0.3, 0.4) is 0 Å². The second-order valence-corrected chi connectivity index (χ2v) is 8.16. The minimum atomic E-state index is -0.619. The maximum absolute atomic E-state index is 11.9. The minimum Gasteiger partial charge on any atom is -0.459 e. The molecule has 6 heteroatoms. The number of nitrogens with zero attached hydrogens (tertiary/aromatic N) is 2. The molecule has 1 aromatic rings. The van der Waals surface area contributed by atoms with Crippen molar-refractivity contribution in [1.29, 1.82) is 10.7 Å². The monoisotopic (exact) mass is 383 g/mol. The number of aliphatic hydroxyl groups excluding tert-OH is 1. The lowest BCUT2D eigenvalue weighted by Crippen LogP contribution is -2.37. The zero-order chi connectivity index (χ0) is 20.7. The molecular weight excluding hydrogens is 354 g/mol. The fourth-order valence-corrected chi connectivity index (χ4v) is 3.11. The van der Waals surface area contributed by atoms with E-state index in [1.807, 2.05) is 25.7 Å². The van der Waals surface area contributed by atoms with E-state index in [0.717, 1.165) is 24.1 Å². The van der Waals surface area contributed by atoms with Crippen LogP contribution >= 0.6 is 0 Å². The smallest absolute Gasteiger partial charge is 0.320 e. The molecule has 1 aliphatic heterocycles. The lowest BCUT2D eigenvalue weighted by Gasteiger charge is -2.28. The molecule has 0 amide bonds. The summed E-state index contributed by atoms with van der Waals surface area (Å²) in [6.45, 7) is 7.26. The summed E-state index contributed by atoms with van der Waals surface area (Å²) in [6.07, 6.45) is 3.03. The van der Waals surface area contributed by atoms with Gasteiger partial charge in [-0.05, 0) is 51.3 Å². The first-order valence-corrected chi connectivity index (χ1v) is 9.54. The van der Waals surface area contributed by atoms with Gasteiger partial charge in [0.15, 0.2) is 0 Å². The molecule has 0 radical (unpaired) electrons. The van der Waals surface area contributed by atoms with Gasteiger partial charge in [-0.15, -0.1) is 0 Å². The molecule has 0 fully saturated rings. The molecule has 2 N–H and O–H groups in total. The Morgan fingerprint density at radius 1 is 1.36 bits per heavy atom.